The highest BCUT2D eigenvalue weighted by molar-refractivity contribution is 5.74. The van der Waals surface area contributed by atoms with Gasteiger partial charge in [-0.05, 0) is 18.6 Å². The van der Waals surface area contributed by atoms with E-state index in [4.69, 9.17) is 0 Å². The van der Waals surface area contributed by atoms with Crippen molar-refractivity contribution >= 4 is 12.4 Å². The summed E-state index contributed by atoms with van der Waals surface area (Å²) in [5.41, 5.74) is 1.77. The molecule has 0 spiro atoms. The second-order valence-electron chi connectivity index (χ2n) is 2.43. The summed E-state index contributed by atoms with van der Waals surface area (Å²) >= 11 is 0. The molecular weight excluding hydrogens is 138 g/mol. The molecule has 0 amide bonds. The third-order valence-electron chi connectivity index (χ3n) is 1.54. The van der Waals surface area contributed by atoms with E-state index in [0.717, 1.165) is 11.8 Å². The molecule has 0 N–H and O–H groups in total. The summed E-state index contributed by atoms with van der Waals surface area (Å²) in [6, 6.07) is 1.85. The number of rotatable bonds is 2. The Labute approximate surface area is 66.1 Å². The highest BCUT2D eigenvalue weighted by atomic mass is 16.1. The Hall–Kier alpha value is -1.31. The largest absolute Gasteiger partial charge is 0.348 e. The number of allylic oxidation sites excluding steroid dienone is 1. The van der Waals surface area contributed by atoms with Gasteiger partial charge in [0.15, 0.2) is 6.29 Å². The Balaban J connectivity index is 3.04. The standard InChI is InChI=1S/C9H11NO/c1-3-4-8-5-9(7-11)10(2)6-8/h3-7H,1-2H3/b4-3+. The van der Waals surface area contributed by atoms with E-state index in [1.165, 1.54) is 0 Å². The molecule has 0 aliphatic rings. The fourth-order valence-corrected chi connectivity index (χ4v) is 1.01. The van der Waals surface area contributed by atoms with Gasteiger partial charge in [-0.1, -0.05) is 12.2 Å². The number of aryl methyl sites for hydroxylation is 1. The number of aromatic nitrogens is 1. The molecule has 0 bridgehead atoms. The van der Waals surface area contributed by atoms with E-state index in [1.54, 1.807) is 0 Å². The lowest BCUT2D eigenvalue weighted by molar-refractivity contribution is 0.111. The van der Waals surface area contributed by atoms with Gasteiger partial charge in [-0.2, -0.15) is 0 Å². The molecule has 58 valence electrons. The maximum atomic E-state index is 10.4. The number of carbonyl (C=O) groups is 1. The van der Waals surface area contributed by atoms with Crippen LogP contribution in [0.15, 0.2) is 18.3 Å². The molecule has 0 radical (unpaired) electrons. The van der Waals surface area contributed by atoms with Crippen LogP contribution in [-0.4, -0.2) is 10.9 Å². The first-order valence-corrected chi connectivity index (χ1v) is 3.52. The predicted octanol–water partition coefficient (Wildman–Crippen LogP) is 1.87. The zero-order valence-electron chi connectivity index (χ0n) is 6.74. The van der Waals surface area contributed by atoms with Gasteiger partial charge < -0.3 is 4.57 Å². The highest BCUT2D eigenvalue weighted by Gasteiger charge is 1.97. The summed E-state index contributed by atoms with van der Waals surface area (Å²) in [5.74, 6) is 0. The number of hydrogen-bond acceptors (Lipinski definition) is 1. The highest BCUT2D eigenvalue weighted by Crippen LogP contribution is 2.06. The molecule has 0 saturated carbocycles. The van der Waals surface area contributed by atoms with Crippen LogP contribution < -0.4 is 0 Å². The van der Waals surface area contributed by atoms with Gasteiger partial charge in [-0.3, -0.25) is 4.79 Å². The average Bonchev–Trinajstić information content (AvgIpc) is 2.32. The molecule has 1 rings (SSSR count). The number of aldehydes is 1. The molecule has 0 atom stereocenters. The number of carbonyl (C=O) groups excluding carboxylic acids is 1. The smallest absolute Gasteiger partial charge is 0.166 e. The van der Waals surface area contributed by atoms with Crippen LogP contribution in [0.2, 0.25) is 0 Å². The molecule has 0 aromatic carbocycles. The number of nitrogens with zero attached hydrogens (tertiary/aromatic N) is 1. The van der Waals surface area contributed by atoms with E-state index in [2.05, 4.69) is 0 Å². The minimum atomic E-state index is 0.707. The molecule has 2 nitrogen and oxygen atoms in total. The second-order valence-corrected chi connectivity index (χ2v) is 2.43. The van der Waals surface area contributed by atoms with Crippen molar-refractivity contribution in [3.05, 3.63) is 29.6 Å². The van der Waals surface area contributed by atoms with E-state index in [0.29, 0.717) is 5.69 Å². The van der Waals surface area contributed by atoms with Crippen molar-refractivity contribution in [3.63, 3.8) is 0 Å². The lowest BCUT2D eigenvalue weighted by Crippen LogP contribution is -1.90. The van der Waals surface area contributed by atoms with Gasteiger partial charge in [0.05, 0.1) is 5.69 Å². The third kappa shape index (κ3) is 1.58. The van der Waals surface area contributed by atoms with Crippen molar-refractivity contribution in [2.75, 3.05) is 0 Å². The van der Waals surface area contributed by atoms with Crippen molar-refractivity contribution in [1.82, 2.24) is 4.57 Å². The molecule has 0 unspecified atom stereocenters. The third-order valence-corrected chi connectivity index (χ3v) is 1.54. The van der Waals surface area contributed by atoms with Crippen LogP contribution in [0.5, 0.6) is 0 Å². The first-order valence-electron chi connectivity index (χ1n) is 3.52. The van der Waals surface area contributed by atoms with Gasteiger partial charge in [0.2, 0.25) is 0 Å². The quantitative estimate of drug-likeness (QED) is 0.588. The summed E-state index contributed by atoms with van der Waals surface area (Å²) in [4.78, 5) is 10.4. The zero-order valence-corrected chi connectivity index (χ0v) is 6.74. The molecular formula is C9H11NO. The van der Waals surface area contributed by atoms with Gasteiger partial charge in [0.25, 0.3) is 0 Å². The SMILES string of the molecule is C/C=C/c1cc(C=O)n(C)c1. The fraction of sp³-hybridized carbons (Fsp3) is 0.222. The summed E-state index contributed by atoms with van der Waals surface area (Å²) in [7, 11) is 1.86. The average molecular weight is 149 g/mol. The maximum Gasteiger partial charge on any atom is 0.166 e. The molecule has 0 aliphatic heterocycles. The van der Waals surface area contributed by atoms with Crippen LogP contribution in [0, 0.1) is 0 Å². The fourth-order valence-electron chi connectivity index (χ4n) is 1.01. The van der Waals surface area contributed by atoms with Crippen molar-refractivity contribution in [2.24, 2.45) is 7.05 Å². The van der Waals surface area contributed by atoms with E-state index < -0.39 is 0 Å². The van der Waals surface area contributed by atoms with Gasteiger partial charge in [0, 0.05) is 13.2 Å². The van der Waals surface area contributed by atoms with Crippen LogP contribution in [0.3, 0.4) is 0 Å². The molecule has 0 fully saturated rings. The van der Waals surface area contributed by atoms with E-state index in [1.807, 2.05) is 43.0 Å². The predicted molar refractivity (Wildman–Crippen MR) is 45.5 cm³/mol. The van der Waals surface area contributed by atoms with Crippen molar-refractivity contribution in [2.45, 2.75) is 6.92 Å². The lowest BCUT2D eigenvalue weighted by atomic mass is 10.3. The van der Waals surface area contributed by atoms with Gasteiger partial charge in [-0.15, -0.1) is 0 Å². The summed E-state index contributed by atoms with van der Waals surface area (Å²) in [6.07, 6.45) is 6.69. The second kappa shape index (κ2) is 3.19. The van der Waals surface area contributed by atoms with Gasteiger partial charge in [0.1, 0.15) is 0 Å². The normalized spacial score (nSPS) is 10.7. The summed E-state index contributed by atoms with van der Waals surface area (Å²) in [5, 5.41) is 0. The summed E-state index contributed by atoms with van der Waals surface area (Å²) in [6.45, 7) is 1.95. The van der Waals surface area contributed by atoms with Gasteiger partial charge in [-0.25, -0.2) is 0 Å². The summed E-state index contributed by atoms with van der Waals surface area (Å²) < 4.78 is 1.81. The number of hydrogen-bond donors (Lipinski definition) is 0. The molecule has 0 saturated heterocycles. The Morgan fingerprint density at radius 1 is 1.55 bits per heavy atom. The van der Waals surface area contributed by atoms with Crippen LogP contribution in [-0.2, 0) is 7.05 Å². The van der Waals surface area contributed by atoms with E-state index >= 15 is 0 Å². The molecule has 2 heteroatoms. The minimum absolute atomic E-state index is 0.707. The Bertz CT molecular complexity index is 284. The Morgan fingerprint density at radius 3 is 2.73 bits per heavy atom. The molecule has 1 aromatic rings. The topological polar surface area (TPSA) is 22.0 Å². The molecule has 0 aliphatic carbocycles. The van der Waals surface area contributed by atoms with Crippen molar-refractivity contribution < 1.29 is 4.79 Å². The molecule has 1 aromatic heterocycles. The molecule has 1 heterocycles. The Morgan fingerprint density at radius 2 is 2.27 bits per heavy atom. The van der Waals surface area contributed by atoms with Crippen molar-refractivity contribution in [1.29, 1.82) is 0 Å². The zero-order chi connectivity index (χ0) is 8.27. The van der Waals surface area contributed by atoms with Crippen LogP contribution in [0.4, 0.5) is 0 Å². The van der Waals surface area contributed by atoms with E-state index in [9.17, 15) is 4.79 Å². The van der Waals surface area contributed by atoms with Gasteiger partial charge >= 0.3 is 0 Å². The lowest BCUT2D eigenvalue weighted by Gasteiger charge is -1.88. The molecule has 11 heavy (non-hydrogen) atoms. The van der Waals surface area contributed by atoms with Crippen LogP contribution >= 0.6 is 0 Å². The maximum absolute atomic E-state index is 10.4. The van der Waals surface area contributed by atoms with E-state index in [-0.39, 0.29) is 0 Å². The van der Waals surface area contributed by atoms with Crippen LogP contribution in [0.1, 0.15) is 23.0 Å². The van der Waals surface area contributed by atoms with Crippen molar-refractivity contribution in [3.8, 4) is 0 Å². The minimum Gasteiger partial charge on any atom is -0.348 e. The first-order chi connectivity index (χ1) is 5.27. The monoisotopic (exact) mass is 149 g/mol. The van der Waals surface area contributed by atoms with Crippen LogP contribution in [0.25, 0.3) is 6.08 Å². The first kappa shape index (κ1) is 7.79. The Kier molecular flexibility index (Phi) is 2.26.